The van der Waals surface area contributed by atoms with Crippen LogP contribution in [-0.4, -0.2) is 6.10 Å². The Labute approximate surface area is 64.5 Å². The van der Waals surface area contributed by atoms with E-state index in [9.17, 15) is 5.11 Å². The predicted molar refractivity (Wildman–Crippen MR) is 43.5 cm³/mol. The zero-order chi connectivity index (χ0) is 7.98. The summed E-state index contributed by atoms with van der Waals surface area (Å²) in [5.74, 6) is 0.632. The van der Waals surface area contributed by atoms with Crippen molar-refractivity contribution in [3.05, 3.63) is 0 Å². The fourth-order valence-electron chi connectivity index (χ4n) is 1.24. The molecule has 61 valence electrons. The molecule has 2 atom stereocenters. The zero-order valence-corrected chi connectivity index (χ0v) is 7.39. The van der Waals surface area contributed by atoms with E-state index in [2.05, 4.69) is 13.8 Å². The van der Waals surface area contributed by atoms with Gasteiger partial charge in [0.1, 0.15) is 0 Å². The average molecular weight is 143 g/mol. The van der Waals surface area contributed by atoms with Gasteiger partial charge in [0.25, 0.3) is 0 Å². The van der Waals surface area contributed by atoms with Gasteiger partial charge < -0.3 is 0 Å². The third-order valence-electron chi connectivity index (χ3n) is 1.78. The molecule has 0 aromatic rings. The van der Waals surface area contributed by atoms with E-state index >= 15 is 0 Å². The molecule has 0 aromatic heterocycles. The molecule has 0 saturated heterocycles. The van der Waals surface area contributed by atoms with Crippen LogP contribution in [0.25, 0.3) is 0 Å². The summed E-state index contributed by atoms with van der Waals surface area (Å²) in [4.78, 5) is 0. The van der Waals surface area contributed by atoms with Gasteiger partial charge in [-0.15, -0.1) is 0 Å². The Balaban J connectivity index is 3.16. The van der Waals surface area contributed by atoms with E-state index in [1.165, 1.54) is 19.3 Å². The lowest BCUT2D eigenvalue weighted by Gasteiger charge is -2.10. The first-order chi connectivity index (χ1) is 4.66. The van der Waals surface area contributed by atoms with Crippen LogP contribution >= 0.6 is 0 Å². The Morgan fingerprint density at radius 3 is 2.30 bits per heavy atom. The molecule has 0 bridgehead atoms. The first kappa shape index (κ1) is 9.96. The van der Waals surface area contributed by atoms with E-state index in [1.807, 2.05) is 0 Å². The van der Waals surface area contributed by atoms with Crippen LogP contribution in [-0.2, 0) is 5.11 Å². The summed E-state index contributed by atoms with van der Waals surface area (Å²) < 4.78 is 0. The Morgan fingerprint density at radius 2 is 1.90 bits per heavy atom. The standard InChI is InChI=1S/C9H19O/c1-4-5-6-8(2)7-9(3)10/h8-9H,4-7H2,1-3H3. The molecule has 0 aliphatic rings. The van der Waals surface area contributed by atoms with Gasteiger partial charge in [-0.05, 0) is 19.3 Å². The van der Waals surface area contributed by atoms with Gasteiger partial charge in [0, 0.05) is 0 Å². The van der Waals surface area contributed by atoms with Gasteiger partial charge in [0.05, 0.1) is 6.10 Å². The molecule has 1 nitrogen and oxygen atoms in total. The van der Waals surface area contributed by atoms with Crippen LogP contribution in [0.5, 0.6) is 0 Å². The zero-order valence-electron chi connectivity index (χ0n) is 7.39. The van der Waals surface area contributed by atoms with Crippen molar-refractivity contribution in [2.24, 2.45) is 5.92 Å². The molecule has 0 rings (SSSR count). The first-order valence-electron chi connectivity index (χ1n) is 4.32. The van der Waals surface area contributed by atoms with Crippen LogP contribution in [0.15, 0.2) is 0 Å². The highest BCUT2D eigenvalue weighted by Gasteiger charge is 2.05. The Bertz CT molecular complexity index is 69.1. The summed E-state index contributed by atoms with van der Waals surface area (Å²) in [5, 5.41) is 10.7. The lowest BCUT2D eigenvalue weighted by molar-refractivity contribution is 0.0824. The van der Waals surface area contributed by atoms with E-state index < -0.39 is 0 Å². The second-order valence-electron chi connectivity index (χ2n) is 3.29. The molecule has 0 aromatic carbocycles. The molecular formula is C9H19O. The van der Waals surface area contributed by atoms with Crippen LogP contribution in [0.2, 0.25) is 0 Å². The van der Waals surface area contributed by atoms with Crippen LogP contribution in [0.1, 0.15) is 46.5 Å². The van der Waals surface area contributed by atoms with Gasteiger partial charge in [0.2, 0.25) is 0 Å². The lowest BCUT2D eigenvalue weighted by Crippen LogP contribution is -2.05. The van der Waals surface area contributed by atoms with E-state index in [0.29, 0.717) is 5.92 Å². The number of hydrogen-bond donors (Lipinski definition) is 0. The van der Waals surface area contributed by atoms with Crippen LogP contribution in [0.3, 0.4) is 0 Å². The van der Waals surface area contributed by atoms with Gasteiger partial charge in [-0.2, -0.15) is 0 Å². The molecule has 10 heavy (non-hydrogen) atoms. The van der Waals surface area contributed by atoms with E-state index in [1.54, 1.807) is 6.92 Å². The Morgan fingerprint density at radius 1 is 1.30 bits per heavy atom. The van der Waals surface area contributed by atoms with Gasteiger partial charge in [0.15, 0.2) is 0 Å². The molecule has 0 aliphatic heterocycles. The Hall–Kier alpha value is -0.0400. The fraction of sp³-hybridized carbons (Fsp3) is 1.00. The van der Waals surface area contributed by atoms with E-state index in [0.717, 1.165) is 6.42 Å². The maximum Gasteiger partial charge on any atom is 0.0904 e. The number of hydrogen-bond acceptors (Lipinski definition) is 0. The third kappa shape index (κ3) is 6.09. The topological polar surface area (TPSA) is 19.9 Å². The van der Waals surface area contributed by atoms with Crippen molar-refractivity contribution in [3.63, 3.8) is 0 Å². The number of unbranched alkanes of at least 4 members (excludes halogenated alkanes) is 1. The summed E-state index contributed by atoms with van der Waals surface area (Å²) in [5.41, 5.74) is 0. The van der Waals surface area contributed by atoms with Crippen molar-refractivity contribution in [1.29, 1.82) is 0 Å². The molecular weight excluding hydrogens is 124 g/mol. The maximum atomic E-state index is 10.7. The van der Waals surface area contributed by atoms with Crippen LogP contribution in [0, 0.1) is 5.92 Å². The SMILES string of the molecule is CCCCC(C)CC(C)[O]. The monoisotopic (exact) mass is 143 g/mol. The molecule has 0 fully saturated rings. The lowest BCUT2D eigenvalue weighted by atomic mass is 9.98. The molecule has 0 heterocycles. The van der Waals surface area contributed by atoms with Crippen LogP contribution < -0.4 is 0 Å². The number of rotatable bonds is 5. The molecule has 1 heteroatoms. The maximum absolute atomic E-state index is 10.7. The highest BCUT2D eigenvalue weighted by Crippen LogP contribution is 2.13. The normalized spacial score (nSPS) is 16.8. The second kappa shape index (κ2) is 5.72. The van der Waals surface area contributed by atoms with Crippen molar-refractivity contribution < 1.29 is 5.11 Å². The van der Waals surface area contributed by atoms with Crippen molar-refractivity contribution >= 4 is 0 Å². The molecule has 0 N–H and O–H groups in total. The molecule has 2 unspecified atom stereocenters. The fourth-order valence-corrected chi connectivity index (χ4v) is 1.24. The minimum atomic E-state index is -0.369. The quantitative estimate of drug-likeness (QED) is 0.563. The molecule has 0 amide bonds. The van der Waals surface area contributed by atoms with Crippen LogP contribution in [0.4, 0.5) is 0 Å². The minimum Gasteiger partial charge on any atom is -0.233 e. The van der Waals surface area contributed by atoms with Crippen molar-refractivity contribution in [1.82, 2.24) is 0 Å². The first-order valence-corrected chi connectivity index (χ1v) is 4.32. The van der Waals surface area contributed by atoms with E-state index in [4.69, 9.17) is 0 Å². The summed E-state index contributed by atoms with van der Waals surface area (Å²) in [6.45, 7) is 6.11. The molecule has 0 spiro atoms. The summed E-state index contributed by atoms with van der Waals surface area (Å²) in [6, 6.07) is 0. The largest absolute Gasteiger partial charge is 0.233 e. The summed E-state index contributed by atoms with van der Waals surface area (Å²) in [6.07, 6.45) is 4.22. The highest BCUT2D eigenvalue weighted by molar-refractivity contribution is 4.56. The molecule has 0 aliphatic carbocycles. The molecule has 0 saturated carbocycles. The summed E-state index contributed by atoms with van der Waals surface area (Å²) >= 11 is 0. The Kier molecular flexibility index (Phi) is 5.70. The van der Waals surface area contributed by atoms with Gasteiger partial charge >= 0.3 is 0 Å². The van der Waals surface area contributed by atoms with E-state index in [-0.39, 0.29) is 6.10 Å². The highest BCUT2D eigenvalue weighted by atomic mass is 16.3. The molecule has 1 radical (unpaired) electrons. The minimum absolute atomic E-state index is 0.369. The third-order valence-corrected chi connectivity index (χ3v) is 1.78. The van der Waals surface area contributed by atoms with Crippen molar-refractivity contribution in [3.8, 4) is 0 Å². The predicted octanol–water partition coefficient (Wildman–Crippen LogP) is 3.02. The summed E-state index contributed by atoms with van der Waals surface area (Å²) in [7, 11) is 0. The van der Waals surface area contributed by atoms with Crippen molar-refractivity contribution in [2.75, 3.05) is 0 Å². The van der Waals surface area contributed by atoms with Gasteiger partial charge in [-0.3, -0.25) is 0 Å². The van der Waals surface area contributed by atoms with Gasteiger partial charge in [-0.25, -0.2) is 5.11 Å². The average Bonchev–Trinajstić information content (AvgIpc) is 1.82. The smallest absolute Gasteiger partial charge is 0.0904 e. The van der Waals surface area contributed by atoms with Crippen molar-refractivity contribution in [2.45, 2.75) is 52.6 Å². The second-order valence-corrected chi connectivity index (χ2v) is 3.29. The van der Waals surface area contributed by atoms with Gasteiger partial charge in [-0.1, -0.05) is 33.1 Å².